The predicted molar refractivity (Wildman–Crippen MR) is 97.7 cm³/mol. The van der Waals surface area contributed by atoms with Gasteiger partial charge >= 0.3 is 12.1 Å². The molecule has 0 aliphatic carbocycles. The predicted octanol–water partition coefficient (Wildman–Crippen LogP) is 4.84. The smallest absolute Gasteiger partial charge is 0.387 e. The van der Waals surface area contributed by atoms with E-state index in [0.29, 0.717) is 21.5 Å². The minimum absolute atomic E-state index is 0.0872. The molecular weight excluding hydrogens is 401 g/mol. The average molecular weight is 417 g/mol. The Morgan fingerprint density at radius 2 is 1.82 bits per heavy atom. The fourth-order valence-corrected chi connectivity index (χ4v) is 3.36. The lowest BCUT2D eigenvalue weighted by Crippen LogP contribution is -2.40. The highest BCUT2D eigenvalue weighted by Crippen LogP contribution is 2.37. The van der Waals surface area contributed by atoms with E-state index < -0.39 is 18.6 Å². The number of rotatable bonds is 6. The molecule has 3 rings (SSSR count). The molecule has 0 fully saturated rings. The van der Waals surface area contributed by atoms with E-state index >= 15 is 0 Å². The first-order valence-corrected chi connectivity index (χ1v) is 9.22. The van der Waals surface area contributed by atoms with Gasteiger partial charge in [-0.25, -0.2) is 0 Å². The van der Waals surface area contributed by atoms with Crippen molar-refractivity contribution in [1.29, 1.82) is 0 Å². The van der Waals surface area contributed by atoms with Crippen LogP contribution in [-0.2, 0) is 6.54 Å². The first-order valence-electron chi connectivity index (χ1n) is 8.23. The van der Waals surface area contributed by atoms with E-state index in [1.54, 1.807) is 31.1 Å². The van der Waals surface area contributed by atoms with E-state index in [1.807, 2.05) is 13.0 Å². The number of hydrogen-bond donors (Lipinski definition) is 1. The summed E-state index contributed by atoms with van der Waals surface area (Å²) in [6.07, 6.45) is -1.54. The molecule has 0 spiro atoms. The SMILES string of the molecule is CCSc1cc(NC)cnc1-c1cc2cnn(CC(F)(F)C(F)(F)F)c2cn1. The summed E-state index contributed by atoms with van der Waals surface area (Å²) in [6.45, 7) is 0.384. The van der Waals surface area contributed by atoms with Crippen molar-refractivity contribution >= 4 is 28.4 Å². The molecule has 0 aromatic carbocycles. The van der Waals surface area contributed by atoms with Crippen molar-refractivity contribution in [3.63, 3.8) is 0 Å². The molecule has 11 heteroatoms. The summed E-state index contributed by atoms with van der Waals surface area (Å²) >= 11 is 1.56. The van der Waals surface area contributed by atoms with E-state index in [0.717, 1.165) is 16.3 Å². The maximum atomic E-state index is 13.4. The molecule has 3 heterocycles. The van der Waals surface area contributed by atoms with E-state index in [2.05, 4.69) is 20.4 Å². The Labute approximate surface area is 161 Å². The van der Waals surface area contributed by atoms with Gasteiger partial charge in [0.2, 0.25) is 0 Å². The largest absolute Gasteiger partial charge is 0.455 e. The molecule has 0 bridgehead atoms. The molecule has 0 aliphatic rings. The summed E-state index contributed by atoms with van der Waals surface area (Å²) in [7, 11) is 1.77. The van der Waals surface area contributed by atoms with Gasteiger partial charge in [0.25, 0.3) is 0 Å². The zero-order valence-corrected chi connectivity index (χ0v) is 15.7. The molecule has 5 nitrogen and oxygen atoms in total. The first kappa shape index (κ1) is 20.3. The Balaban J connectivity index is 1.99. The molecule has 0 saturated carbocycles. The van der Waals surface area contributed by atoms with Gasteiger partial charge in [0.05, 0.1) is 35.5 Å². The third kappa shape index (κ3) is 3.89. The normalized spacial score (nSPS) is 12.5. The van der Waals surface area contributed by atoms with Crippen molar-refractivity contribution in [2.75, 3.05) is 18.1 Å². The zero-order chi connectivity index (χ0) is 20.5. The number of pyridine rings is 2. The van der Waals surface area contributed by atoms with Crippen LogP contribution in [0.3, 0.4) is 0 Å². The third-order valence-corrected chi connectivity index (χ3v) is 4.89. The number of aromatic nitrogens is 4. The summed E-state index contributed by atoms with van der Waals surface area (Å²) in [6, 6.07) is 3.49. The van der Waals surface area contributed by atoms with Crippen molar-refractivity contribution in [1.82, 2.24) is 19.7 Å². The van der Waals surface area contributed by atoms with Crippen LogP contribution in [0.5, 0.6) is 0 Å². The lowest BCUT2D eigenvalue weighted by molar-refractivity contribution is -0.287. The summed E-state index contributed by atoms with van der Waals surface area (Å²) in [4.78, 5) is 9.49. The summed E-state index contributed by atoms with van der Waals surface area (Å²) in [5.41, 5.74) is 1.99. The fourth-order valence-electron chi connectivity index (χ4n) is 2.55. The fraction of sp³-hybridized carbons (Fsp3) is 0.353. The van der Waals surface area contributed by atoms with Gasteiger partial charge in [-0.2, -0.15) is 27.1 Å². The number of halogens is 5. The van der Waals surface area contributed by atoms with Crippen LogP contribution in [0.1, 0.15) is 6.92 Å². The Kier molecular flexibility index (Phi) is 5.46. The number of thioether (sulfide) groups is 1. The van der Waals surface area contributed by atoms with Crippen LogP contribution in [0.2, 0.25) is 0 Å². The monoisotopic (exact) mass is 417 g/mol. The van der Waals surface area contributed by atoms with Gasteiger partial charge in [-0.3, -0.25) is 14.6 Å². The molecule has 0 radical (unpaired) electrons. The number of nitrogens with zero attached hydrogens (tertiary/aromatic N) is 4. The lowest BCUT2D eigenvalue weighted by Gasteiger charge is -2.19. The highest BCUT2D eigenvalue weighted by Gasteiger charge is 2.57. The average Bonchev–Trinajstić information content (AvgIpc) is 3.02. The Hall–Kier alpha value is -2.43. The topological polar surface area (TPSA) is 55.6 Å². The van der Waals surface area contributed by atoms with Crippen LogP contribution < -0.4 is 5.32 Å². The second-order valence-electron chi connectivity index (χ2n) is 5.89. The molecule has 3 aromatic heterocycles. The molecule has 28 heavy (non-hydrogen) atoms. The van der Waals surface area contributed by atoms with E-state index in [4.69, 9.17) is 0 Å². The van der Waals surface area contributed by atoms with Gasteiger partial charge in [0, 0.05) is 17.3 Å². The maximum Gasteiger partial charge on any atom is 0.455 e. The van der Waals surface area contributed by atoms with E-state index in [9.17, 15) is 22.0 Å². The van der Waals surface area contributed by atoms with Gasteiger partial charge < -0.3 is 5.32 Å². The van der Waals surface area contributed by atoms with Gasteiger partial charge in [0.15, 0.2) is 0 Å². The highest BCUT2D eigenvalue weighted by atomic mass is 32.2. The Morgan fingerprint density at radius 1 is 1.07 bits per heavy atom. The van der Waals surface area contributed by atoms with Gasteiger partial charge in [-0.05, 0) is 17.9 Å². The van der Waals surface area contributed by atoms with Crippen LogP contribution in [0.25, 0.3) is 22.3 Å². The zero-order valence-electron chi connectivity index (χ0n) is 14.9. The molecule has 0 saturated heterocycles. The number of fused-ring (bicyclic) bond motifs is 1. The van der Waals surface area contributed by atoms with Gasteiger partial charge in [-0.15, -0.1) is 11.8 Å². The number of hydrogen-bond acceptors (Lipinski definition) is 5. The highest BCUT2D eigenvalue weighted by molar-refractivity contribution is 7.99. The number of anilines is 1. The lowest BCUT2D eigenvalue weighted by atomic mass is 10.2. The minimum Gasteiger partial charge on any atom is -0.387 e. The molecule has 0 atom stereocenters. The van der Waals surface area contributed by atoms with Crippen molar-refractivity contribution in [3.8, 4) is 11.4 Å². The van der Waals surface area contributed by atoms with Crippen molar-refractivity contribution in [3.05, 3.63) is 30.7 Å². The molecule has 0 unspecified atom stereocenters. The van der Waals surface area contributed by atoms with Crippen LogP contribution >= 0.6 is 11.8 Å². The standard InChI is InChI=1S/C17H16F5N5S/c1-3-28-14-5-11(23-2)7-25-15(14)12-4-10-6-26-27(13(10)8-24-12)9-16(18,19)17(20,21)22/h4-8,23H,3,9H2,1-2H3. The van der Waals surface area contributed by atoms with Gasteiger partial charge in [-0.1, -0.05) is 6.92 Å². The molecule has 150 valence electrons. The second-order valence-corrected chi connectivity index (χ2v) is 7.19. The number of alkyl halides is 5. The van der Waals surface area contributed by atoms with E-state index in [-0.39, 0.29) is 5.52 Å². The van der Waals surface area contributed by atoms with Crippen LogP contribution in [0, 0.1) is 0 Å². The Bertz CT molecular complexity index is 986. The molecule has 0 amide bonds. The van der Waals surface area contributed by atoms with Crippen molar-refractivity contribution in [2.24, 2.45) is 0 Å². The first-order chi connectivity index (χ1) is 13.2. The quantitative estimate of drug-likeness (QED) is 0.459. The van der Waals surface area contributed by atoms with Crippen LogP contribution in [-0.4, -0.2) is 44.6 Å². The second kappa shape index (κ2) is 7.53. The summed E-state index contributed by atoms with van der Waals surface area (Å²) in [5, 5.41) is 7.07. The molecule has 3 aromatic rings. The van der Waals surface area contributed by atoms with Gasteiger partial charge in [0.1, 0.15) is 12.2 Å². The van der Waals surface area contributed by atoms with Crippen LogP contribution in [0.4, 0.5) is 27.6 Å². The Morgan fingerprint density at radius 3 is 2.46 bits per heavy atom. The minimum atomic E-state index is -5.65. The molecule has 0 aliphatic heterocycles. The third-order valence-electron chi connectivity index (χ3n) is 3.98. The molecule has 1 N–H and O–H groups in total. The molecular formula is C17H16F5N5S. The summed E-state index contributed by atoms with van der Waals surface area (Å²) in [5.74, 6) is -4.09. The maximum absolute atomic E-state index is 13.4. The number of nitrogens with one attached hydrogen (secondary N) is 1. The van der Waals surface area contributed by atoms with Crippen molar-refractivity contribution < 1.29 is 22.0 Å². The van der Waals surface area contributed by atoms with E-state index in [1.165, 1.54) is 12.4 Å². The summed E-state index contributed by atoms with van der Waals surface area (Å²) < 4.78 is 64.7. The van der Waals surface area contributed by atoms with Crippen molar-refractivity contribution in [2.45, 2.75) is 30.5 Å². The van der Waals surface area contributed by atoms with Crippen LogP contribution in [0.15, 0.2) is 35.6 Å².